The van der Waals surface area contributed by atoms with Crippen molar-refractivity contribution in [3.8, 4) is 5.75 Å². The molecule has 3 atom stereocenters. The van der Waals surface area contributed by atoms with Crippen LogP contribution >= 0.6 is 0 Å². The van der Waals surface area contributed by atoms with Crippen molar-refractivity contribution in [3.63, 3.8) is 0 Å². The molecule has 0 spiro atoms. The number of fused-ring (bicyclic) bond motifs is 3. The number of hydrogen-bond acceptors (Lipinski definition) is 4. The zero-order valence-corrected chi connectivity index (χ0v) is 14.3. The largest absolute Gasteiger partial charge is 0.496 e. The van der Waals surface area contributed by atoms with Gasteiger partial charge in [0.25, 0.3) is 0 Å². The number of esters is 1. The monoisotopic (exact) mass is 316 g/mol. The lowest BCUT2D eigenvalue weighted by molar-refractivity contribution is -0.167. The van der Waals surface area contributed by atoms with Crippen LogP contribution in [0, 0.1) is 11.3 Å². The van der Waals surface area contributed by atoms with Crippen LogP contribution in [0.3, 0.4) is 0 Å². The highest BCUT2D eigenvalue weighted by Crippen LogP contribution is 2.57. The van der Waals surface area contributed by atoms with E-state index >= 15 is 0 Å². The molecule has 23 heavy (non-hydrogen) atoms. The molecule has 0 amide bonds. The summed E-state index contributed by atoms with van der Waals surface area (Å²) in [6, 6.07) is 6.10. The number of carbonyl (C=O) groups excluding carboxylic acids is 2. The van der Waals surface area contributed by atoms with E-state index in [1.54, 1.807) is 14.0 Å². The van der Waals surface area contributed by atoms with Crippen LogP contribution in [0.5, 0.6) is 5.75 Å². The Bertz CT molecular complexity index is 655. The number of ether oxygens (including phenoxy) is 2. The molecule has 2 aliphatic carbocycles. The van der Waals surface area contributed by atoms with Crippen LogP contribution in [-0.2, 0) is 26.2 Å². The molecule has 0 saturated heterocycles. The first-order valence-electron chi connectivity index (χ1n) is 8.17. The van der Waals surface area contributed by atoms with Gasteiger partial charge in [-0.1, -0.05) is 19.1 Å². The van der Waals surface area contributed by atoms with Crippen molar-refractivity contribution in [3.05, 3.63) is 29.3 Å². The summed E-state index contributed by atoms with van der Waals surface area (Å²) in [7, 11) is 3.06. The minimum Gasteiger partial charge on any atom is -0.496 e. The summed E-state index contributed by atoms with van der Waals surface area (Å²) < 4.78 is 10.5. The van der Waals surface area contributed by atoms with Gasteiger partial charge in [-0.05, 0) is 54.7 Å². The molecule has 4 nitrogen and oxygen atoms in total. The maximum absolute atomic E-state index is 12.6. The van der Waals surface area contributed by atoms with E-state index in [0.717, 1.165) is 25.0 Å². The van der Waals surface area contributed by atoms with Crippen LogP contribution in [0.4, 0.5) is 0 Å². The first-order valence-corrected chi connectivity index (χ1v) is 8.17. The van der Waals surface area contributed by atoms with Gasteiger partial charge in [-0.25, -0.2) is 0 Å². The number of carbonyl (C=O) groups is 2. The number of hydrogen-bond donors (Lipinski definition) is 0. The highest BCUT2D eigenvalue weighted by atomic mass is 16.5. The second-order valence-corrected chi connectivity index (χ2v) is 7.11. The van der Waals surface area contributed by atoms with E-state index < -0.39 is 11.4 Å². The molecule has 1 fully saturated rings. The predicted molar refractivity (Wildman–Crippen MR) is 86.5 cm³/mol. The van der Waals surface area contributed by atoms with Gasteiger partial charge < -0.3 is 9.47 Å². The summed E-state index contributed by atoms with van der Waals surface area (Å²) in [5, 5.41) is 0. The molecule has 0 heterocycles. The zero-order chi connectivity index (χ0) is 16.8. The van der Waals surface area contributed by atoms with Gasteiger partial charge in [-0.2, -0.15) is 0 Å². The Hall–Kier alpha value is -1.84. The Morgan fingerprint density at radius 2 is 1.96 bits per heavy atom. The van der Waals surface area contributed by atoms with Crippen molar-refractivity contribution in [1.29, 1.82) is 0 Å². The van der Waals surface area contributed by atoms with Crippen molar-refractivity contribution in [2.45, 2.75) is 44.9 Å². The van der Waals surface area contributed by atoms with Gasteiger partial charge in [0.05, 0.1) is 14.2 Å². The van der Waals surface area contributed by atoms with Crippen molar-refractivity contribution < 1.29 is 19.1 Å². The van der Waals surface area contributed by atoms with Crippen LogP contribution in [-0.4, -0.2) is 26.0 Å². The Labute approximate surface area is 137 Å². The average molecular weight is 316 g/mol. The minimum absolute atomic E-state index is 0.0122. The lowest BCUT2D eigenvalue weighted by atomic mass is 9.49. The van der Waals surface area contributed by atoms with Crippen molar-refractivity contribution in [2.75, 3.05) is 14.2 Å². The lowest BCUT2D eigenvalue weighted by Gasteiger charge is -2.53. The smallest absolute Gasteiger partial charge is 0.319 e. The standard InChI is InChI=1S/C19H24O4/c1-18-11-10-16(20)19(2,17(21)23-4)15(18)9-8-12-13(18)6-5-7-14(12)22-3/h5-7,15H,8-11H2,1-4H3/t15-,18-,19+/m1/s1. The lowest BCUT2D eigenvalue weighted by Crippen LogP contribution is -2.57. The normalized spacial score (nSPS) is 32.7. The maximum atomic E-state index is 12.6. The fourth-order valence-corrected chi connectivity index (χ4v) is 4.87. The number of methoxy groups -OCH3 is 2. The van der Waals surface area contributed by atoms with Crippen molar-refractivity contribution in [1.82, 2.24) is 0 Å². The summed E-state index contributed by atoms with van der Waals surface area (Å²) >= 11 is 0. The zero-order valence-electron chi connectivity index (χ0n) is 14.3. The number of Topliss-reactive ketones (excluding diaryl/α,β-unsaturated/α-hetero) is 1. The Morgan fingerprint density at radius 3 is 2.61 bits per heavy atom. The van der Waals surface area contributed by atoms with E-state index in [-0.39, 0.29) is 17.1 Å². The molecule has 124 valence electrons. The minimum atomic E-state index is -1.05. The van der Waals surface area contributed by atoms with Crippen LogP contribution in [0.1, 0.15) is 44.2 Å². The Morgan fingerprint density at radius 1 is 1.22 bits per heavy atom. The molecule has 0 aromatic heterocycles. The average Bonchev–Trinajstić information content (AvgIpc) is 2.57. The summed E-state index contributed by atoms with van der Waals surface area (Å²) in [6.45, 7) is 3.96. The van der Waals surface area contributed by atoms with Crippen LogP contribution < -0.4 is 4.74 Å². The molecule has 0 unspecified atom stereocenters. The molecule has 1 saturated carbocycles. The summed E-state index contributed by atoms with van der Waals surface area (Å²) in [5.74, 6) is 0.477. The summed E-state index contributed by atoms with van der Waals surface area (Å²) in [4.78, 5) is 25.1. The first kappa shape index (κ1) is 16.0. The quantitative estimate of drug-likeness (QED) is 0.621. The molecule has 1 aromatic carbocycles. The molecule has 3 rings (SSSR count). The third kappa shape index (κ3) is 2.03. The van der Waals surface area contributed by atoms with E-state index in [1.807, 2.05) is 12.1 Å². The van der Waals surface area contributed by atoms with Crippen LogP contribution in [0.15, 0.2) is 18.2 Å². The van der Waals surface area contributed by atoms with Crippen molar-refractivity contribution in [2.24, 2.45) is 11.3 Å². The third-order valence-electron chi connectivity index (χ3n) is 6.18. The molecule has 0 radical (unpaired) electrons. The van der Waals surface area contributed by atoms with Gasteiger partial charge in [0.2, 0.25) is 0 Å². The number of ketones is 1. The second kappa shape index (κ2) is 5.36. The molecule has 0 aliphatic heterocycles. The highest BCUT2D eigenvalue weighted by molar-refractivity contribution is 6.04. The third-order valence-corrected chi connectivity index (χ3v) is 6.18. The van der Waals surface area contributed by atoms with Gasteiger partial charge in [0.1, 0.15) is 16.9 Å². The molecule has 1 aromatic rings. The highest BCUT2D eigenvalue weighted by Gasteiger charge is 2.60. The van der Waals surface area contributed by atoms with Gasteiger partial charge in [0, 0.05) is 6.42 Å². The Balaban J connectivity index is 2.15. The van der Waals surface area contributed by atoms with Gasteiger partial charge in [-0.3, -0.25) is 9.59 Å². The van der Waals surface area contributed by atoms with Gasteiger partial charge >= 0.3 is 5.97 Å². The number of benzene rings is 1. The van der Waals surface area contributed by atoms with Gasteiger partial charge in [-0.15, -0.1) is 0 Å². The Kier molecular flexibility index (Phi) is 3.74. The van der Waals surface area contributed by atoms with E-state index in [9.17, 15) is 9.59 Å². The van der Waals surface area contributed by atoms with E-state index in [2.05, 4.69) is 13.0 Å². The summed E-state index contributed by atoms with van der Waals surface area (Å²) in [5.41, 5.74) is 1.17. The predicted octanol–water partition coefficient (Wildman–Crippen LogP) is 3.06. The van der Waals surface area contributed by atoms with Gasteiger partial charge in [0.15, 0.2) is 0 Å². The molecular formula is C19H24O4. The van der Waals surface area contributed by atoms with E-state index in [1.165, 1.54) is 18.2 Å². The first-order chi connectivity index (χ1) is 10.9. The molecule has 2 aliphatic rings. The molecule has 0 N–H and O–H groups in total. The summed E-state index contributed by atoms with van der Waals surface area (Å²) in [6.07, 6.45) is 2.79. The molecule has 4 heteroatoms. The fraction of sp³-hybridized carbons (Fsp3) is 0.579. The van der Waals surface area contributed by atoms with Crippen LogP contribution in [0.2, 0.25) is 0 Å². The molecular weight excluding hydrogens is 292 g/mol. The molecule has 0 bridgehead atoms. The fourth-order valence-electron chi connectivity index (χ4n) is 4.87. The SMILES string of the molecule is COC(=O)[C@]1(C)C(=O)CC[C@]2(C)c3cccc(OC)c3CC[C@@H]12. The topological polar surface area (TPSA) is 52.6 Å². The van der Waals surface area contributed by atoms with E-state index in [0.29, 0.717) is 6.42 Å². The second-order valence-electron chi connectivity index (χ2n) is 7.11. The van der Waals surface area contributed by atoms with E-state index in [4.69, 9.17) is 9.47 Å². The number of rotatable bonds is 2. The van der Waals surface area contributed by atoms with Crippen LogP contribution in [0.25, 0.3) is 0 Å². The van der Waals surface area contributed by atoms with Crippen molar-refractivity contribution >= 4 is 11.8 Å². The maximum Gasteiger partial charge on any atom is 0.319 e.